The van der Waals surface area contributed by atoms with Crippen LogP contribution in [-0.4, -0.2) is 44.0 Å². The fourth-order valence-electron chi connectivity index (χ4n) is 2.70. The maximum absolute atomic E-state index is 12.6. The van der Waals surface area contributed by atoms with Crippen molar-refractivity contribution in [2.45, 2.75) is 19.6 Å². The molecule has 1 heterocycles. The summed E-state index contributed by atoms with van der Waals surface area (Å²) in [5, 5.41) is 2.91. The topological polar surface area (TPSA) is 115 Å². The lowest BCUT2D eigenvalue weighted by molar-refractivity contribution is -0.134. The first-order valence-electron chi connectivity index (χ1n) is 9.15. The van der Waals surface area contributed by atoms with Crippen molar-refractivity contribution in [3.05, 3.63) is 86.1 Å². The third kappa shape index (κ3) is 5.48. The van der Waals surface area contributed by atoms with Crippen molar-refractivity contribution >= 4 is 29.1 Å². The van der Waals surface area contributed by atoms with E-state index < -0.39 is 35.4 Å². The van der Waals surface area contributed by atoms with Gasteiger partial charge in [-0.15, -0.1) is 13.2 Å². The summed E-state index contributed by atoms with van der Waals surface area (Å²) in [7, 11) is 1.35. The summed E-state index contributed by atoms with van der Waals surface area (Å²) < 4.78 is 2.21. The van der Waals surface area contributed by atoms with Crippen molar-refractivity contribution in [2.24, 2.45) is 0 Å². The minimum absolute atomic E-state index is 0.140. The largest absolute Gasteiger partial charge is 0.337 e. The fraction of sp³-hybridized carbons (Fsp3) is 0.250. The van der Waals surface area contributed by atoms with Gasteiger partial charge in [0.1, 0.15) is 6.54 Å². The van der Waals surface area contributed by atoms with Crippen LogP contribution >= 0.6 is 11.6 Å². The summed E-state index contributed by atoms with van der Waals surface area (Å²) in [6.07, 6.45) is 2.64. The van der Waals surface area contributed by atoms with E-state index in [9.17, 15) is 24.0 Å². The highest BCUT2D eigenvalue weighted by atomic mass is 35.5. The van der Waals surface area contributed by atoms with Crippen LogP contribution in [0.4, 0.5) is 5.69 Å². The molecule has 0 aliphatic rings. The summed E-state index contributed by atoms with van der Waals surface area (Å²) in [5.41, 5.74) is -2.34. The second-order valence-corrected chi connectivity index (χ2v) is 6.92. The van der Waals surface area contributed by atoms with Crippen LogP contribution in [0.3, 0.4) is 0 Å². The third-order valence-electron chi connectivity index (χ3n) is 4.26. The molecule has 0 bridgehead atoms. The lowest BCUT2D eigenvalue weighted by atomic mass is 10.3. The van der Waals surface area contributed by atoms with Crippen molar-refractivity contribution in [1.29, 1.82) is 0 Å². The van der Waals surface area contributed by atoms with Crippen molar-refractivity contribution in [3.8, 4) is 0 Å². The van der Waals surface area contributed by atoms with Gasteiger partial charge in [-0.25, -0.2) is 28.1 Å². The molecule has 0 fully saturated rings. The Hall–Kier alpha value is -3.66. The van der Waals surface area contributed by atoms with Gasteiger partial charge < -0.3 is 10.2 Å². The van der Waals surface area contributed by atoms with Gasteiger partial charge in [-0.05, 0) is 12.1 Å². The Morgan fingerprint density at radius 2 is 1.52 bits per heavy atom. The molecular formula is C20H22ClN5O5. The first-order chi connectivity index (χ1) is 14.7. The molecule has 1 N–H and O–H groups in total. The maximum Gasteiger partial charge on any atom is 0.337 e. The smallest absolute Gasteiger partial charge is 0.335 e. The Bertz CT molecular complexity index is 1150. The highest BCUT2D eigenvalue weighted by Crippen LogP contribution is 2.20. The minimum atomic E-state index is -0.947. The Kier molecular flexibility index (Phi) is 7.92. The zero-order valence-electron chi connectivity index (χ0n) is 16.9. The van der Waals surface area contributed by atoms with Crippen LogP contribution in [0.15, 0.2) is 64.0 Å². The van der Waals surface area contributed by atoms with Gasteiger partial charge in [0.2, 0.25) is 11.8 Å². The van der Waals surface area contributed by atoms with Crippen molar-refractivity contribution in [3.63, 3.8) is 0 Å². The standard InChI is InChI=1S/C20H22ClN5O5/c1-4-10-24-18(29)25(11-5-2)20(31)26(19(24)30)13-17(28)23(3)12-16(27)22-15-9-7-6-8-14(15)21/h4-9H,1-2,10-13H2,3H3,(H,22,27). The van der Waals surface area contributed by atoms with E-state index in [1.54, 1.807) is 24.3 Å². The summed E-state index contributed by atoms with van der Waals surface area (Å²) in [5.74, 6) is -1.19. The van der Waals surface area contributed by atoms with Gasteiger partial charge in [-0.3, -0.25) is 9.59 Å². The fourth-order valence-corrected chi connectivity index (χ4v) is 2.88. The molecular weight excluding hydrogens is 426 g/mol. The van der Waals surface area contributed by atoms with Crippen molar-refractivity contribution < 1.29 is 9.59 Å². The molecule has 11 heteroatoms. The molecule has 2 aromatic rings. The molecule has 2 rings (SSSR count). The molecule has 10 nitrogen and oxygen atoms in total. The Labute approximate surface area is 182 Å². The number of carbonyl (C=O) groups excluding carboxylic acids is 2. The Balaban J connectivity index is 2.25. The molecule has 0 atom stereocenters. The third-order valence-corrected chi connectivity index (χ3v) is 4.59. The number of allylic oxidation sites excluding steroid dienone is 2. The van der Waals surface area contributed by atoms with Crippen LogP contribution in [-0.2, 0) is 29.2 Å². The van der Waals surface area contributed by atoms with E-state index in [1.165, 1.54) is 19.2 Å². The molecule has 2 amide bonds. The molecule has 1 aromatic heterocycles. The number of nitrogens with zero attached hydrogens (tertiary/aromatic N) is 4. The average molecular weight is 448 g/mol. The van der Waals surface area contributed by atoms with Crippen LogP contribution in [0.25, 0.3) is 0 Å². The number of benzene rings is 1. The van der Waals surface area contributed by atoms with Gasteiger partial charge in [0.25, 0.3) is 0 Å². The van der Waals surface area contributed by atoms with E-state index in [2.05, 4.69) is 18.5 Å². The molecule has 0 saturated carbocycles. The second-order valence-electron chi connectivity index (χ2n) is 6.51. The molecule has 0 saturated heterocycles. The van der Waals surface area contributed by atoms with Crippen LogP contribution in [0.1, 0.15) is 0 Å². The van der Waals surface area contributed by atoms with E-state index in [1.807, 2.05) is 0 Å². The maximum atomic E-state index is 12.6. The first-order valence-corrected chi connectivity index (χ1v) is 9.53. The second kappa shape index (κ2) is 10.4. The summed E-state index contributed by atoms with van der Waals surface area (Å²) in [6, 6.07) is 6.60. The molecule has 164 valence electrons. The quantitative estimate of drug-likeness (QED) is 0.555. The molecule has 0 aliphatic carbocycles. The monoisotopic (exact) mass is 447 g/mol. The van der Waals surface area contributed by atoms with Crippen LogP contribution in [0.2, 0.25) is 5.02 Å². The molecule has 0 unspecified atom stereocenters. The molecule has 31 heavy (non-hydrogen) atoms. The summed E-state index contributed by atoms with van der Waals surface area (Å²) in [6.45, 7) is 5.70. The zero-order chi connectivity index (χ0) is 23.1. The van der Waals surface area contributed by atoms with Gasteiger partial charge in [-0.1, -0.05) is 35.9 Å². The summed E-state index contributed by atoms with van der Waals surface area (Å²) >= 11 is 5.99. The molecule has 1 aromatic carbocycles. The number of nitrogens with one attached hydrogen (secondary N) is 1. The van der Waals surface area contributed by atoms with E-state index >= 15 is 0 Å². The van der Waals surface area contributed by atoms with E-state index in [4.69, 9.17) is 11.6 Å². The number of para-hydroxylation sites is 1. The first kappa shape index (κ1) is 23.6. The Morgan fingerprint density at radius 3 is 2.03 bits per heavy atom. The highest BCUT2D eigenvalue weighted by molar-refractivity contribution is 6.33. The Morgan fingerprint density at radius 1 is 1.00 bits per heavy atom. The number of halogens is 1. The number of likely N-dealkylation sites (N-methyl/N-ethyl adjacent to an activating group) is 1. The number of carbonyl (C=O) groups is 2. The lowest BCUT2D eigenvalue weighted by Crippen LogP contribution is -2.55. The SMILES string of the molecule is C=CCn1c(=O)n(CC=C)c(=O)n(CC(=O)N(C)CC(=O)Nc2ccccc2Cl)c1=O. The van der Waals surface area contributed by atoms with E-state index in [0.29, 0.717) is 15.3 Å². The number of amides is 2. The average Bonchev–Trinajstić information content (AvgIpc) is 2.73. The summed E-state index contributed by atoms with van der Waals surface area (Å²) in [4.78, 5) is 63.4. The van der Waals surface area contributed by atoms with E-state index in [0.717, 1.165) is 14.0 Å². The number of anilines is 1. The number of hydrogen-bond donors (Lipinski definition) is 1. The van der Waals surface area contributed by atoms with E-state index in [-0.39, 0.29) is 19.6 Å². The van der Waals surface area contributed by atoms with Gasteiger partial charge in [0.05, 0.1) is 30.3 Å². The van der Waals surface area contributed by atoms with Gasteiger partial charge >= 0.3 is 17.1 Å². The van der Waals surface area contributed by atoms with Crippen LogP contribution in [0, 0.1) is 0 Å². The molecule has 0 spiro atoms. The zero-order valence-corrected chi connectivity index (χ0v) is 17.7. The molecule has 0 radical (unpaired) electrons. The molecule has 0 aliphatic heterocycles. The number of hydrogen-bond acceptors (Lipinski definition) is 5. The van der Waals surface area contributed by atoms with Crippen molar-refractivity contribution in [1.82, 2.24) is 18.6 Å². The van der Waals surface area contributed by atoms with Crippen LogP contribution < -0.4 is 22.4 Å². The number of rotatable bonds is 9. The van der Waals surface area contributed by atoms with Gasteiger partial charge in [0.15, 0.2) is 0 Å². The van der Waals surface area contributed by atoms with Gasteiger partial charge in [0, 0.05) is 7.05 Å². The van der Waals surface area contributed by atoms with Crippen LogP contribution in [0.5, 0.6) is 0 Å². The highest BCUT2D eigenvalue weighted by Gasteiger charge is 2.20. The minimum Gasteiger partial charge on any atom is -0.335 e. The predicted molar refractivity (Wildman–Crippen MR) is 117 cm³/mol. The van der Waals surface area contributed by atoms with Gasteiger partial charge in [-0.2, -0.15) is 0 Å². The van der Waals surface area contributed by atoms with Crippen molar-refractivity contribution in [2.75, 3.05) is 18.9 Å². The lowest BCUT2D eigenvalue weighted by Gasteiger charge is -2.18. The number of aromatic nitrogens is 3. The normalized spacial score (nSPS) is 10.4. The predicted octanol–water partition coefficient (Wildman–Crippen LogP) is 0.294.